The number of carbonyl (C=O) groups excluding carboxylic acids is 1. The molecule has 0 spiro atoms. The van der Waals surface area contributed by atoms with Crippen LogP contribution >= 0.6 is 11.6 Å². The normalized spacial score (nSPS) is 15.5. The van der Waals surface area contributed by atoms with Gasteiger partial charge in [-0.2, -0.15) is 4.98 Å². The largest absolute Gasteiger partial charge is 0.506 e. The van der Waals surface area contributed by atoms with Crippen molar-refractivity contribution in [3.05, 3.63) is 64.8 Å². The molecule has 1 fully saturated rings. The molecule has 0 aliphatic carbocycles. The number of carbonyl (C=O) groups is 1. The number of nitrogens with one attached hydrogen (secondary N) is 2. The van der Waals surface area contributed by atoms with E-state index in [1.54, 1.807) is 30.6 Å². The molecule has 10 nitrogen and oxygen atoms in total. The van der Waals surface area contributed by atoms with Crippen molar-refractivity contribution in [2.24, 2.45) is 0 Å². The lowest BCUT2D eigenvalue weighted by atomic mass is 10.2. The van der Waals surface area contributed by atoms with Crippen LogP contribution in [0.4, 0.5) is 11.8 Å². The van der Waals surface area contributed by atoms with Crippen molar-refractivity contribution in [2.45, 2.75) is 32.0 Å². The summed E-state index contributed by atoms with van der Waals surface area (Å²) in [6, 6.07) is 6.52. The summed E-state index contributed by atoms with van der Waals surface area (Å²) in [5, 5.41) is 25.5. The first-order valence-electron chi connectivity index (χ1n) is 10.5. The van der Waals surface area contributed by atoms with Crippen molar-refractivity contribution in [1.29, 1.82) is 0 Å². The highest BCUT2D eigenvalue weighted by Gasteiger charge is 2.27. The number of aliphatic hydroxyl groups is 1. The quantitative estimate of drug-likeness (QED) is 0.391. The number of rotatable bonds is 8. The maximum Gasteiger partial charge on any atom is 0.256 e. The Bertz CT molecular complexity index is 1120. The highest BCUT2D eigenvalue weighted by atomic mass is 35.5. The van der Waals surface area contributed by atoms with Crippen LogP contribution in [0.5, 0.6) is 5.75 Å². The zero-order chi connectivity index (χ0) is 23.2. The van der Waals surface area contributed by atoms with E-state index in [2.05, 4.69) is 30.6 Å². The number of hydrogen-bond acceptors (Lipinski definition) is 9. The zero-order valence-electron chi connectivity index (χ0n) is 17.8. The SMILES string of the molecule is O=C(NCc1ncccn1)c1cnc(N2CCC[C@H]2CO)nc1NCc1ccc(O)c(Cl)c1. The van der Waals surface area contributed by atoms with Gasteiger partial charge in [0.1, 0.15) is 23.0 Å². The van der Waals surface area contributed by atoms with Crippen LogP contribution in [0.2, 0.25) is 5.02 Å². The number of aromatic nitrogens is 4. The Morgan fingerprint density at radius 3 is 2.79 bits per heavy atom. The van der Waals surface area contributed by atoms with E-state index in [-0.39, 0.29) is 41.4 Å². The third-order valence-electron chi connectivity index (χ3n) is 5.36. The van der Waals surface area contributed by atoms with Crippen LogP contribution in [0.1, 0.15) is 34.6 Å². The minimum absolute atomic E-state index is 0.00276. The van der Waals surface area contributed by atoms with Gasteiger partial charge < -0.3 is 25.7 Å². The van der Waals surface area contributed by atoms with E-state index in [1.807, 2.05) is 4.90 Å². The van der Waals surface area contributed by atoms with E-state index in [9.17, 15) is 15.0 Å². The summed E-state index contributed by atoms with van der Waals surface area (Å²) in [6.07, 6.45) is 6.48. The molecule has 0 saturated carbocycles. The van der Waals surface area contributed by atoms with Gasteiger partial charge in [-0.25, -0.2) is 15.0 Å². The second-order valence-electron chi connectivity index (χ2n) is 7.59. The summed E-state index contributed by atoms with van der Waals surface area (Å²) >= 11 is 6.01. The predicted octanol–water partition coefficient (Wildman–Crippen LogP) is 2.13. The number of aliphatic hydroxyl groups excluding tert-OH is 1. The number of nitrogens with zero attached hydrogens (tertiary/aromatic N) is 5. The smallest absolute Gasteiger partial charge is 0.256 e. The summed E-state index contributed by atoms with van der Waals surface area (Å²) in [4.78, 5) is 32.1. The molecule has 11 heteroatoms. The molecule has 172 valence electrons. The van der Waals surface area contributed by atoms with Gasteiger partial charge in [0.25, 0.3) is 5.91 Å². The Labute approximate surface area is 195 Å². The average Bonchev–Trinajstić information content (AvgIpc) is 3.33. The molecule has 0 unspecified atom stereocenters. The minimum Gasteiger partial charge on any atom is -0.506 e. The van der Waals surface area contributed by atoms with Crippen molar-refractivity contribution in [2.75, 3.05) is 23.4 Å². The second kappa shape index (κ2) is 10.4. The Morgan fingerprint density at radius 2 is 2.03 bits per heavy atom. The Hall–Kier alpha value is -3.50. The van der Waals surface area contributed by atoms with Crippen molar-refractivity contribution < 1.29 is 15.0 Å². The molecule has 33 heavy (non-hydrogen) atoms. The minimum atomic E-state index is -0.375. The molecular weight excluding hydrogens is 446 g/mol. The van der Waals surface area contributed by atoms with Gasteiger partial charge in [0, 0.05) is 31.7 Å². The van der Waals surface area contributed by atoms with E-state index in [4.69, 9.17) is 11.6 Å². The second-order valence-corrected chi connectivity index (χ2v) is 8.00. The van der Waals surface area contributed by atoms with Crippen LogP contribution in [-0.4, -0.2) is 55.2 Å². The molecule has 1 aliphatic rings. The molecule has 1 saturated heterocycles. The number of phenolic OH excluding ortho intramolecular Hbond substituents is 1. The van der Waals surface area contributed by atoms with Crippen LogP contribution < -0.4 is 15.5 Å². The Kier molecular flexibility index (Phi) is 7.16. The molecule has 2 aromatic heterocycles. The lowest BCUT2D eigenvalue weighted by molar-refractivity contribution is 0.0950. The standard InChI is InChI=1S/C22H24ClN7O3/c23-17-9-14(4-5-18(17)32)10-26-20-16(21(33)27-12-19-24-6-2-7-25-19)11-28-22(29-20)30-8-1-3-15(30)13-31/h2,4-7,9,11,15,31-32H,1,3,8,10,12-13H2,(H,27,33)(H,26,28,29)/t15-/m0/s1. The van der Waals surface area contributed by atoms with Gasteiger partial charge in [-0.1, -0.05) is 17.7 Å². The molecule has 0 radical (unpaired) electrons. The van der Waals surface area contributed by atoms with Crippen molar-refractivity contribution >= 4 is 29.3 Å². The third-order valence-corrected chi connectivity index (χ3v) is 5.67. The number of amides is 1. The molecule has 1 aliphatic heterocycles. The van der Waals surface area contributed by atoms with Gasteiger partial charge in [0.15, 0.2) is 0 Å². The lowest BCUT2D eigenvalue weighted by Gasteiger charge is -2.24. The zero-order valence-corrected chi connectivity index (χ0v) is 18.5. The average molecular weight is 470 g/mol. The number of anilines is 2. The summed E-state index contributed by atoms with van der Waals surface area (Å²) in [6.45, 7) is 1.22. The number of hydrogen-bond donors (Lipinski definition) is 4. The Balaban J connectivity index is 1.57. The monoisotopic (exact) mass is 469 g/mol. The van der Waals surface area contributed by atoms with E-state index in [1.165, 1.54) is 12.3 Å². The van der Waals surface area contributed by atoms with E-state index in [0.717, 1.165) is 24.9 Å². The highest BCUT2D eigenvalue weighted by molar-refractivity contribution is 6.32. The fraction of sp³-hybridized carbons (Fsp3) is 0.318. The summed E-state index contributed by atoms with van der Waals surface area (Å²) < 4.78 is 0. The van der Waals surface area contributed by atoms with Crippen LogP contribution in [0.25, 0.3) is 0 Å². The van der Waals surface area contributed by atoms with E-state index in [0.29, 0.717) is 24.1 Å². The molecule has 3 aromatic rings. The molecule has 0 bridgehead atoms. The first kappa shape index (κ1) is 22.7. The number of benzene rings is 1. The van der Waals surface area contributed by atoms with Crippen LogP contribution in [0.15, 0.2) is 42.9 Å². The van der Waals surface area contributed by atoms with E-state index >= 15 is 0 Å². The lowest BCUT2D eigenvalue weighted by Crippen LogP contribution is -2.34. The maximum atomic E-state index is 12.9. The van der Waals surface area contributed by atoms with Crippen LogP contribution in [-0.2, 0) is 13.1 Å². The fourth-order valence-electron chi connectivity index (χ4n) is 3.62. The Morgan fingerprint density at radius 1 is 1.21 bits per heavy atom. The molecule has 1 amide bonds. The van der Waals surface area contributed by atoms with E-state index < -0.39 is 0 Å². The molecule has 4 rings (SSSR count). The number of aromatic hydroxyl groups is 1. The van der Waals surface area contributed by atoms with Crippen molar-refractivity contribution in [3.8, 4) is 5.75 Å². The molecule has 4 N–H and O–H groups in total. The van der Waals surface area contributed by atoms with Gasteiger partial charge in [0.2, 0.25) is 5.95 Å². The highest BCUT2D eigenvalue weighted by Crippen LogP contribution is 2.26. The first-order chi connectivity index (χ1) is 16.0. The van der Waals surface area contributed by atoms with Gasteiger partial charge in [0.05, 0.1) is 24.2 Å². The number of phenols is 1. The summed E-state index contributed by atoms with van der Waals surface area (Å²) in [5.41, 5.74) is 1.07. The summed E-state index contributed by atoms with van der Waals surface area (Å²) in [5.74, 6) is 0.900. The van der Waals surface area contributed by atoms with Gasteiger partial charge in [-0.05, 0) is 36.6 Å². The van der Waals surface area contributed by atoms with Crippen LogP contribution in [0.3, 0.4) is 0 Å². The topological polar surface area (TPSA) is 136 Å². The van der Waals surface area contributed by atoms with Gasteiger partial charge in [-0.15, -0.1) is 0 Å². The maximum absolute atomic E-state index is 12.9. The number of halogens is 1. The van der Waals surface area contributed by atoms with Crippen molar-refractivity contribution in [1.82, 2.24) is 25.3 Å². The molecular formula is C22H24ClN7O3. The van der Waals surface area contributed by atoms with Gasteiger partial charge in [-0.3, -0.25) is 4.79 Å². The predicted molar refractivity (Wildman–Crippen MR) is 123 cm³/mol. The first-order valence-corrected chi connectivity index (χ1v) is 10.9. The molecule has 3 heterocycles. The van der Waals surface area contributed by atoms with Crippen LogP contribution in [0, 0.1) is 0 Å². The van der Waals surface area contributed by atoms with Gasteiger partial charge >= 0.3 is 0 Å². The van der Waals surface area contributed by atoms with Crippen molar-refractivity contribution in [3.63, 3.8) is 0 Å². The summed E-state index contributed by atoms with van der Waals surface area (Å²) in [7, 11) is 0. The fourth-order valence-corrected chi connectivity index (χ4v) is 3.83. The molecule has 1 atom stereocenters. The molecule has 1 aromatic carbocycles. The third kappa shape index (κ3) is 5.47.